The maximum Gasteiger partial charge on any atom is 0.254 e. The number of rotatable bonds is 5. The molecular weight excluding hydrogens is 393 g/mol. The summed E-state index contributed by atoms with van der Waals surface area (Å²) < 4.78 is 0. The van der Waals surface area contributed by atoms with Crippen LogP contribution in [0, 0.1) is 5.92 Å². The van der Waals surface area contributed by atoms with Crippen molar-refractivity contribution in [3.05, 3.63) is 41.6 Å². The van der Waals surface area contributed by atoms with Crippen LogP contribution in [-0.4, -0.2) is 41.5 Å². The van der Waals surface area contributed by atoms with Gasteiger partial charge in [-0.1, -0.05) is 18.2 Å². The van der Waals surface area contributed by atoms with Crippen LogP contribution < -0.4 is 5.32 Å². The van der Waals surface area contributed by atoms with Crippen molar-refractivity contribution in [1.82, 2.24) is 15.2 Å². The molecule has 1 saturated heterocycles. The first-order valence-electron chi connectivity index (χ1n) is 10.2. The summed E-state index contributed by atoms with van der Waals surface area (Å²) >= 11 is 0. The maximum atomic E-state index is 13.3. The summed E-state index contributed by atoms with van der Waals surface area (Å²) in [6, 6.07) is 10.7. The highest BCUT2D eigenvalue weighted by molar-refractivity contribution is 6.06. The maximum absolute atomic E-state index is 13.3. The zero-order valence-electron chi connectivity index (χ0n) is 16.1. The first kappa shape index (κ1) is 21.4. The number of halogens is 2. The molecule has 1 aromatic carbocycles. The lowest BCUT2D eigenvalue weighted by atomic mass is 10.0. The number of benzene rings is 1. The average molecular weight is 422 g/mol. The van der Waals surface area contributed by atoms with Gasteiger partial charge in [0, 0.05) is 36.1 Å². The molecule has 0 radical (unpaired) electrons. The fourth-order valence-electron chi connectivity index (χ4n) is 4.07. The fraction of sp³-hybridized carbons (Fsp3) is 0.545. The molecule has 28 heavy (non-hydrogen) atoms. The highest BCUT2D eigenvalue weighted by Crippen LogP contribution is 2.40. The molecule has 1 aromatic heterocycles. The van der Waals surface area contributed by atoms with E-state index in [0.29, 0.717) is 12.0 Å². The number of nitrogens with zero attached hydrogens (tertiary/aromatic N) is 2. The molecule has 152 valence electrons. The number of piperidine rings is 1. The number of para-hydroxylation sites is 1. The van der Waals surface area contributed by atoms with Crippen LogP contribution in [0.15, 0.2) is 30.3 Å². The van der Waals surface area contributed by atoms with Crippen molar-refractivity contribution >= 4 is 41.6 Å². The second-order valence-corrected chi connectivity index (χ2v) is 8.30. The highest BCUT2D eigenvalue weighted by atomic mass is 35.5. The Balaban J connectivity index is 0.00000112. The van der Waals surface area contributed by atoms with E-state index in [0.717, 1.165) is 54.0 Å². The van der Waals surface area contributed by atoms with E-state index in [-0.39, 0.29) is 30.7 Å². The van der Waals surface area contributed by atoms with Gasteiger partial charge in [0.25, 0.3) is 5.91 Å². The summed E-state index contributed by atoms with van der Waals surface area (Å²) in [7, 11) is 0. The number of hydrogen-bond acceptors (Lipinski definition) is 3. The van der Waals surface area contributed by atoms with Crippen molar-refractivity contribution in [3.8, 4) is 0 Å². The SMILES string of the molecule is Cl.Cl.O=C(c1cc(C2CC2)nc2ccccc12)N1CCC(NCC2CC2)CC1. The predicted molar refractivity (Wildman–Crippen MR) is 118 cm³/mol. The molecule has 2 aromatic rings. The Hall–Kier alpha value is -1.36. The second kappa shape index (κ2) is 8.98. The number of carbonyl (C=O) groups is 1. The quantitative estimate of drug-likeness (QED) is 0.769. The minimum atomic E-state index is 0. The lowest BCUT2D eigenvalue weighted by molar-refractivity contribution is 0.0707. The summed E-state index contributed by atoms with van der Waals surface area (Å²) in [5.41, 5.74) is 2.91. The minimum Gasteiger partial charge on any atom is -0.339 e. The van der Waals surface area contributed by atoms with E-state index in [1.165, 1.54) is 32.2 Å². The molecule has 0 atom stereocenters. The van der Waals surface area contributed by atoms with E-state index in [9.17, 15) is 4.79 Å². The van der Waals surface area contributed by atoms with Crippen molar-refractivity contribution in [2.45, 2.75) is 50.5 Å². The van der Waals surface area contributed by atoms with Crippen LogP contribution in [-0.2, 0) is 0 Å². The molecule has 1 amide bonds. The van der Waals surface area contributed by atoms with Crippen molar-refractivity contribution in [2.75, 3.05) is 19.6 Å². The zero-order chi connectivity index (χ0) is 17.5. The second-order valence-electron chi connectivity index (χ2n) is 8.30. The van der Waals surface area contributed by atoms with Crippen molar-refractivity contribution < 1.29 is 4.79 Å². The molecule has 2 saturated carbocycles. The Morgan fingerprint density at radius 2 is 1.75 bits per heavy atom. The zero-order valence-corrected chi connectivity index (χ0v) is 17.7. The van der Waals surface area contributed by atoms with Crippen LogP contribution in [0.3, 0.4) is 0 Å². The summed E-state index contributed by atoms with van der Waals surface area (Å²) in [5.74, 6) is 1.66. The number of likely N-dealkylation sites (tertiary alicyclic amines) is 1. The standard InChI is InChI=1S/C22H27N3O.2ClH/c26-22(25-11-9-17(10-12-25)23-14-15-5-6-15)19-13-21(16-7-8-16)24-20-4-2-1-3-18(19)20;;/h1-4,13,15-17,23H,5-12,14H2;2*1H. The van der Waals surface area contributed by atoms with Crippen LogP contribution in [0.5, 0.6) is 0 Å². The van der Waals surface area contributed by atoms with Crippen molar-refractivity contribution in [3.63, 3.8) is 0 Å². The van der Waals surface area contributed by atoms with Gasteiger partial charge in [-0.2, -0.15) is 0 Å². The van der Waals surface area contributed by atoms with Gasteiger partial charge in [-0.3, -0.25) is 9.78 Å². The highest BCUT2D eigenvalue weighted by Gasteiger charge is 2.30. The van der Waals surface area contributed by atoms with Gasteiger partial charge in [0.05, 0.1) is 11.1 Å². The van der Waals surface area contributed by atoms with E-state index in [1.807, 2.05) is 29.2 Å². The third-order valence-corrected chi connectivity index (χ3v) is 6.14. The number of hydrogen-bond donors (Lipinski definition) is 1. The van der Waals surface area contributed by atoms with Gasteiger partial charge in [-0.05, 0) is 63.1 Å². The third kappa shape index (κ3) is 4.61. The average Bonchev–Trinajstić information content (AvgIpc) is 3.58. The Kier molecular flexibility index (Phi) is 6.85. The Morgan fingerprint density at radius 3 is 2.43 bits per heavy atom. The minimum absolute atomic E-state index is 0. The number of aromatic nitrogens is 1. The number of amides is 1. The molecule has 0 spiro atoms. The van der Waals surface area contributed by atoms with Crippen molar-refractivity contribution in [1.29, 1.82) is 0 Å². The van der Waals surface area contributed by atoms with E-state index in [2.05, 4.69) is 11.4 Å². The molecule has 2 heterocycles. The molecule has 2 aliphatic carbocycles. The molecular formula is C22H29Cl2N3O. The van der Waals surface area contributed by atoms with Gasteiger partial charge < -0.3 is 10.2 Å². The van der Waals surface area contributed by atoms with Crippen LogP contribution >= 0.6 is 24.8 Å². The van der Waals surface area contributed by atoms with Gasteiger partial charge in [0.1, 0.15) is 0 Å². The van der Waals surface area contributed by atoms with E-state index >= 15 is 0 Å². The molecule has 0 bridgehead atoms. The van der Waals surface area contributed by atoms with Crippen LogP contribution in [0.4, 0.5) is 0 Å². The molecule has 5 rings (SSSR count). The molecule has 4 nitrogen and oxygen atoms in total. The third-order valence-electron chi connectivity index (χ3n) is 6.14. The largest absolute Gasteiger partial charge is 0.339 e. The molecule has 3 fully saturated rings. The smallest absolute Gasteiger partial charge is 0.254 e. The molecule has 1 N–H and O–H groups in total. The number of nitrogens with one attached hydrogen (secondary N) is 1. The molecule has 6 heteroatoms. The van der Waals surface area contributed by atoms with Crippen LogP contribution in [0.1, 0.15) is 60.5 Å². The van der Waals surface area contributed by atoms with Gasteiger partial charge in [0.15, 0.2) is 0 Å². The number of carbonyl (C=O) groups excluding carboxylic acids is 1. The number of fused-ring (bicyclic) bond motifs is 1. The van der Waals surface area contributed by atoms with Gasteiger partial charge in [-0.25, -0.2) is 0 Å². The predicted octanol–water partition coefficient (Wildman–Crippen LogP) is 4.56. The monoisotopic (exact) mass is 421 g/mol. The lowest BCUT2D eigenvalue weighted by Crippen LogP contribution is -2.45. The Bertz CT molecular complexity index is 828. The van der Waals surface area contributed by atoms with E-state index in [1.54, 1.807) is 0 Å². The Labute approximate surface area is 179 Å². The summed E-state index contributed by atoms with van der Waals surface area (Å²) in [4.78, 5) is 20.1. The van der Waals surface area contributed by atoms with Gasteiger partial charge in [0.2, 0.25) is 0 Å². The van der Waals surface area contributed by atoms with Gasteiger partial charge in [-0.15, -0.1) is 24.8 Å². The van der Waals surface area contributed by atoms with E-state index in [4.69, 9.17) is 4.98 Å². The van der Waals surface area contributed by atoms with Crippen LogP contribution in [0.2, 0.25) is 0 Å². The normalized spacial score (nSPS) is 19.8. The first-order valence-corrected chi connectivity index (χ1v) is 10.2. The summed E-state index contributed by atoms with van der Waals surface area (Å²) in [6.07, 6.45) is 7.33. The van der Waals surface area contributed by atoms with E-state index < -0.39 is 0 Å². The summed E-state index contributed by atoms with van der Waals surface area (Å²) in [6.45, 7) is 2.88. The fourth-order valence-corrected chi connectivity index (χ4v) is 4.07. The first-order chi connectivity index (χ1) is 12.8. The van der Waals surface area contributed by atoms with Gasteiger partial charge >= 0.3 is 0 Å². The molecule has 0 unspecified atom stereocenters. The molecule has 1 aliphatic heterocycles. The molecule has 3 aliphatic rings. The number of pyridine rings is 1. The topological polar surface area (TPSA) is 45.2 Å². The summed E-state index contributed by atoms with van der Waals surface area (Å²) in [5, 5.41) is 4.69. The Morgan fingerprint density at radius 1 is 1.04 bits per heavy atom. The van der Waals surface area contributed by atoms with Crippen LogP contribution in [0.25, 0.3) is 10.9 Å². The lowest BCUT2D eigenvalue weighted by Gasteiger charge is -2.33. The van der Waals surface area contributed by atoms with Crippen molar-refractivity contribution in [2.24, 2.45) is 5.92 Å².